The minimum absolute atomic E-state index is 0.0555. The maximum atomic E-state index is 13.1. The molecule has 1 aliphatic heterocycles. The number of esters is 1. The number of anilines is 1. The van der Waals surface area contributed by atoms with Crippen LogP contribution in [0.1, 0.15) is 33.2 Å². The van der Waals surface area contributed by atoms with Crippen molar-refractivity contribution < 1.29 is 28.7 Å². The third-order valence-electron chi connectivity index (χ3n) is 5.49. The van der Waals surface area contributed by atoms with Crippen LogP contribution in [-0.4, -0.2) is 47.8 Å². The fourth-order valence-corrected chi connectivity index (χ4v) is 3.88. The van der Waals surface area contributed by atoms with Gasteiger partial charge in [-0.1, -0.05) is 54.6 Å². The largest absolute Gasteiger partial charge is 0.492 e. The molecule has 3 aromatic carbocycles. The first-order valence-electron chi connectivity index (χ1n) is 11.2. The molecule has 1 atom stereocenters. The summed E-state index contributed by atoms with van der Waals surface area (Å²) in [6.45, 7) is 1.66. The predicted molar refractivity (Wildman–Crippen MR) is 128 cm³/mol. The second-order valence-electron chi connectivity index (χ2n) is 7.82. The summed E-state index contributed by atoms with van der Waals surface area (Å²) in [5.74, 6) is -2.08. The minimum atomic E-state index is -1.23. The van der Waals surface area contributed by atoms with E-state index in [1.807, 2.05) is 13.0 Å². The third-order valence-corrected chi connectivity index (χ3v) is 5.49. The van der Waals surface area contributed by atoms with Gasteiger partial charge in [-0.2, -0.15) is 0 Å². The summed E-state index contributed by atoms with van der Waals surface area (Å²) in [5, 5.41) is 2.65. The highest BCUT2D eigenvalue weighted by atomic mass is 16.5. The number of rotatable bonds is 9. The van der Waals surface area contributed by atoms with E-state index in [-0.39, 0.29) is 17.5 Å². The minimum Gasteiger partial charge on any atom is -0.492 e. The van der Waals surface area contributed by atoms with Gasteiger partial charge >= 0.3 is 5.97 Å². The number of carbonyl (C=O) groups is 4. The lowest BCUT2D eigenvalue weighted by Crippen LogP contribution is -2.47. The Kier molecular flexibility index (Phi) is 7.21. The molecule has 1 heterocycles. The summed E-state index contributed by atoms with van der Waals surface area (Å²) in [7, 11) is 0. The summed E-state index contributed by atoms with van der Waals surface area (Å²) >= 11 is 0. The molecule has 0 aromatic heterocycles. The average Bonchev–Trinajstić information content (AvgIpc) is 3.13. The third kappa shape index (κ3) is 5.22. The summed E-state index contributed by atoms with van der Waals surface area (Å²) < 4.78 is 10.8. The van der Waals surface area contributed by atoms with Gasteiger partial charge in [-0.3, -0.25) is 19.3 Å². The lowest BCUT2D eigenvalue weighted by molar-refractivity contribution is -0.151. The van der Waals surface area contributed by atoms with Crippen LogP contribution in [0.5, 0.6) is 5.75 Å². The van der Waals surface area contributed by atoms with E-state index in [4.69, 9.17) is 9.47 Å². The summed E-state index contributed by atoms with van der Waals surface area (Å²) in [6.07, 6.45) is 0.0555. The van der Waals surface area contributed by atoms with Crippen molar-refractivity contribution in [1.29, 1.82) is 0 Å². The molecular formula is C27H24N2O6. The highest BCUT2D eigenvalue weighted by molar-refractivity contribution is 6.22. The first-order valence-corrected chi connectivity index (χ1v) is 11.2. The maximum absolute atomic E-state index is 13.1. The number of benzene rings is 3. The Morgan fingerprint density at radius 1 is 0.857 bits per heavy atom. The van der Waals surface area contributed by atoms with Crippen LogP contribution in [0.2, 0.25) is 0 Å². The molecule has 35 heavy (non-hydrogen) atoms. The van der Waals surface area contributed by atoms with Crippen molar-refractivity contribution in [1.82, 2.24) is 4.90 Å². The Labute approximate surface area is 202 Å². The Bertz CT molecular complexity index is 1220. The van der Waals surface area contributed by atoms with Crippen molar-refractivity contribution in [3.8, 4) is 5.75 Å². The lowest BCUT2D eigenvalue weighted by Gasteiger charge is -2.24. The molecule has 8 heteroatoms. The van der Waals surface area contributed by atoms with Gasteiger partial charge in [-0.25, -0.2) is 4.79 Å². The maximum Gasteiger partial charge on any atom is 0.330 e. The van der Waals surface area contributed by atoms with Crippen molar-refractivity contribution in [3.05, 3.63) is 95.6 Å². The van der Waals surface area contributed by atoms with Crippen molar-refractivity contribution >= 4 is 29.4 Å². The van der Waals surface area contributed by atoms with Gasteiger partial charge in [-0.05, 0) is 36.8 Å². The van der Waals surface area contributed by atoms with Crippen LogP contribution < -0.4 is 10.1 Å². The van der Waals surface area contributed by atoms with Gasteiger partial charge < -0.3 is 14.8 Å². The molecule has 0 saturated carbocycles. The molecule has 178 valence electrons. The topological polar surface area (TPSA) is 102 Å². The molecule has 1 aliphatic rings. The monoisotopic (exact) mass is 472 g/mol. The van der Waals surface area contributed by atoms with Gasteiger partial charge in [0.15, 0.2) is 6.61 Å². The molecule has 0 aliphatic carbocycles. The molecule has 0 radical (unpaired) electrons. The van der Waals surface area contributed by atoms with Gasteiger partial charge in [0, 0.05) is 6.42 Å². The Balaban J connectivity index is 1.50. The van der Waals surface area contributed by atoms with Gasteiger partial charge in [0.25, 0.3) is 17.7 Å². The second-order valence-corrected chi connectivity index (χ2v) is 7.82. The Morgan fingerprint density at radius 2 is 1.46 bits per heavy atom. The summed E-state index contributed by atoms with van der Waals surface area (Å²) in [6, 6.07) is 21.1. The lowest BCUT2D eigenvalue weighted by atomic mass is 10.0. The fourth-order valence-electron chi connectivity index (χ4n) is 3.88. The fraction of sp³-hybridized carbons (Fsp3) is 0.185. The van der Waals surface area contributed by atoms with E-state index in [1.165, 1.54) is 0 Å². The van der Waals surface area contributed by atoms with Gasteiger partial charge in [0.05, 0.1) is 23.4 Å². The number of hydrogen-bond donors (Lipinski definition) is 1. The smallest absolute Gasteiger partial charge is 0.330 e. The van der Waals surface area contributed by atoms with Crippen molar-refractivity contribution in [2.24, 2.45) is 0 Å². The molecule has 0 spiro atoms. The van der Waals surface area contributed by atoms with Crippen LogP contribution in [0.25, 0.3) is 0 Å². The average molecular weight is 472 g/mol. The molecule has 0 fully saturated rings. The highest BCUT2D eigenvalue weighted by Gasteiger charge is 2.43. The number of ether oxygens (including phenoxy) is 2. The van der Waals surface area contributed by atoms with E-state index >= 15 is 0 Å². The van der Waals surface area contributed by atoms with E-state index in [1.54, 1.807) is 72.8 Å². The van der Waals surface area contributed by atoms with Crippen LogP contribution in [-0.2, 0) is 20.7 Å². The van der Waals surface area contributed by atoms with E-state index in [0.717, 1.165) is 10.5 Å². The van der Waals surface area contributed by atoms with Gasteiger partial charge in [0.1, 0.15) is 11.8 Å². The first kappa shape index (κ1) is 23.7. The Hall–Kier alpha value is -4.46. The van der Waals surface area contributed by atoms with Crippen LogP contribution in [0.4, 0.5) is 5.69 Å². The van der Waals surface area contributed by atoms with Crippen LogP contribution in [0.3, 0.4) is 0 Å². The molecule has 0 bridgehead atoms. The van der Waals surface area contributed by atoms with Crippen molar-refractivity contribution in [2.75, 3.05) is 18.5 Å². The van der Waals surface area contributed by atoms with Gasteiger partial charge in [0.2, 0.25) is 0 Å². The SMILES string of the molecule is CCOc1ccccc1NC(=O)COC(=O)[C@@H](Cc1ccccc1)N1C(=O)c2ccccc2C1=O. The second kappa shape index (κ2) is 10.6. The summed E-state index contributed by atoms with van der Waals surface area (Å²) in [5.41, 5.74) is 1.64. The zero-order valence-corrected chi connectivity index (χ0v) is 19.1. The molecule has 4 rings (SSSR count). The predicted octanol–water partition coefficient (Wildman–Crippen LogP) is 3.47. The zero-order valence-electron chi connectivity index (χ0n) is 19.1. The molecule has 0 unspecified atom stereocenters. The number of para-hydroxylation sites is 2. The number of nitrogens with one attached hydrogen (secondary N) is 1. The quantitative estimate of drug-likeness (QED) is 0.378. The number of nitrogens with zero attached hydrogens (tertiary/aromatic N) is 1. The van der Waals surface area contributed by atoms with Crippen LogP contribution >= 0.6 is 0 Å². The normalized spacial score (nSPS) is 13.2. The Morgan fingerprint density at radius 3 is 2.11 bits per heavy atom. The first-order chi connectivity index (χ1) is 17.0. The number of imide groups is 1. The molecule has 0 saturated heterocycles. The van der Waals surface area contributed by atoms with Gasteiger partial charge in [-0.15, -0.1) is 0 Å². The summed E-state index contributed by atoms with van der Waals surface area (Å²) in [4.78, 5) is 52.6. The van der Waals surface area contributed by atoms with E-state index in [0.29, 0.717) is 18.0 Å². The molecule has 8 nitrogen and oxygen atoms in total. The number of carbonyl (C=O) groups excluding carboxylic acids is 4. The highest BCUT2D eigenvalue weighted by Crippen LogP contribution is 2.27. The van der Waals surface area contributed by atoms with E-state index in [9.17, 15) is 19.2 Å². The zero-order chi connectivity index (χ0) is 24.8. The van der Waals surface area contributed by atoms with Crippen LogP contribution in [0, 0.1) is 0 Å². The molecule has 1 N–H and O–H groups in total. The number of fused-ring (bicyclic) bond motifs is 1. The van der Waals surface area contributed by atoms with Crippen molar-refractivity contribution in [3.63, 3.8) is 0 Å². The molecular weight excluding hydrogens is 448 g/mol. The van der Waals surface area contributed by atoms with Crippen LogP contribution in [0.15, 0.2) is 78.9 Å². The van der Waals surface area contributed by atoms with E-state index < -0.39 is 36.3 Å². The van der Waals surface area contributed by atoms with Crippen molar-refractivity contribution in [2.45, 2.75) is 19.4 Å². The number of hydrogen-bond acceptors (Lipinski definition) is 6. The number of amides is 3. The van der Waals surface area contributed by atoms with E-state index in [2.05, 4.69) is 5.32 Å². The standard InChI is InChI=1S/C27H24N2O6/c1-2-34-23-15-9-8-14-21(23)28-24(30)17-35-27(33)22(16-18-10-4-3-5-11-18)29-25(31)19-12-6-7-13-20(19)26(29)32/h3-15,22H,2,16-17H2,1H3,(H,28,30)/t22-/m1/s1. The molecule has 3 amide bonds. The molecule has 3 aromatic rings.